The highest BCUT2D eigenvalue weighted by Gasteiger charge is 2.53. The van der Waals surface area contributed by atoms with Crippen LogP contribution in [0.3, 0.4) is 0 Å². The summed E-state index contributed by atoms with van der Waals surface area (Å²) in [4.78, 5) is 16.6. The summed E-state index contributed by atoms with van der Waals surface area (Å²) in [5.74, 6) is -0.437. The van der Waals surface area contributed by atoms with Crippen LogP contribution in [0.1, 0.15) is 50.4 Å². The number of halogens is 2. The number of hydrogen-bond donors (Lipinski definition) is 2. The van der Waals surface area contributed by atoms with Gasteiger partial charge in [-0.25, -0.2) is 0 Å². The topological polar surface area (TPSA) is 87.1 Å². The van der Waals surface area contributed by atoms with E-state index in [0.29, 0.717) is 29.7 Å². The molecule has 6 nitrogen and oxygen atoms in total. The van der Waals surface area contributed by atoms with Gasteiger partial charge in [0.05, 0.1) is 16.7 Å². The van der Waals surface area contributed by atoms with Gasteiger partial charge < -0.3 is 19.8 Å². The van der Waals surface area contributed by atoms with Crippen LogP contribution in [0.5, 0.6) is 11.5 Å². The summed E-state index contributed by atoms with van der Waals surface area (Å²) in [7, 11) is 0. The third kappa shape index (κ3) is 3.16. The highest BCUT2D eigenvalue weighted by Crippen LogP contribution is 2.52. The normalized spacial score (nSPS) is 17.8. The van der Waals surface area contributed by atoms with Crippen LogP contribution in [0, 0.1) is 11.3 Å². The molecule has 2 aromatic carbocycles. The van der Waals surface area contributed by atoms with E-state index in [0.717, 1.165) is 16.6 Å². The summed E-state index contributed by atoms with van der Waals surface area (Å²) < 4.78 is 35.7. The maximum absolute atomic E-state index is 13.4. The van der Waals surface area contributed by atoms with Gasteiger partial charge in [0.15, 0.2) is 11.5 Å². The van der Waals surface area contributed by atoms with Crippen LogP contribution in [0.2, 0.25) is 0 Å². The molecule has 0 radical (unpaired) electrons. The number of alkyl halides is 2. The molecule has 164 valence electrons. The van der Waals surface area contributed by atoms with E-state index < -0.39 is 11.7 Å². The lowest BCUT2D eigenvalue weighted by atomic mass is 9.92. The van der Waals surface area contributed by atoms with Crippen molar-refractivity contribution in [3.8, 4) is 17.6 Å². The monoisotopic (exact) mass is 437 g/mol. The number of aromatic nitrogens is 1. The lowest BCUT2D eigenvalue weighted by Crippen LogP contribution is -2.28. The SMILES string of the molecule is CC(C)(C)c1cc2c(C#N)c(NC(=O)C3(c4ccc5c(c4)OC(F)(F)O5)CC3)ccc2[nH]1. The average Bonchev–Trinajstić information content (AvgIpc) is 3.29. The summed E-state index contributed by atoms with van der Waals surface area (Å²) in [6.45, 7) is 6.22. The Hall–Kier alpha value is -3.60. The first kappa shape index (κ1) is 20.3. The summed E-state index contributed by atoms with van der Waals surface area (Å²) in [6.07, 6.45) is -2.58. The first-order valence-corrected chi connectivity index (χ1v) is 10.3. The second-order valence-corrected chi connectivity index (χ2v) is 9.36. The molecule has 1 aliphatic heterocycles. The summed E-state index contributed by atoms with van der Waals surface area (Å²) in [6, 6.07) is 12.1. The Labute approximate surface area is 183 Å². The number of nitrogens with one attached hydrogen (secondary N) is 2. The van der Waals surface area contributed by atoms with Crippen molar-refractivity contribution >= 4 is 22.5 Å². The molecule has 2 aliphatic rings. The third-order valence-corrected chi connectivity index (χ3v) is 6.11. The Morgan fingerprint density at radius 3 is 2.50 bits per heavy atom. The molecule has 5 rings (SSSR count). The predicted molar refractivity (Wildman–Crippen MR) is 114 cm³/mol. The first-order chi connectivity index (χ1) is 15.0. The molecule has 2 heterocycles. The van der Waals surface area contributed by atoms with Gasteiger partial charge in [-0.2, -0.15) is 5.26 Å². The predicted octanol–water partition coefficient (Wildman–Crippen LogP) is 5.33. The lowest BCUT2D eigenvalue weighted by molar-refractivity contribution is -0.286. The number of ether oxygens (including phenoxy) is 2. The second kappa shape index (κ2) is 6.45. The minimum Gasteiger partial charge on any atom is -0.395 e. The van der Waals surface area contributed by atoms with Crippen LogP contribution >= 0.6 is 0 Å². The number of hydrogen-bond acceptors (Lipinski definition) is 4. The second-order valence-electron chi connectivity index (χ2n) is 9.36. The van der Waals surface area contributed by atoms with Crippen molar-refractivity contribution < 1.29 is 23.0 Å². The molecule has 0 bridgehead atoms. The number of benzene rings is 2. The van der Waals surface area contributed by atoms with Crippen LogP contribution in [0.15, 0.2) is 36.4 Å². The molecule has 1 saturated carbocycles. The average molecular weight is 437 g/mol. The smallest absolute Gasteiger partial charge is 0.395 e. The number of nitriles is 1. The summed E-state index contributed by atoms with van der Waals surface area (Å²) in [5.41, 5.74) is 2.21. The van der Waals surface area contributed by atoms with Crippen LogP contribution < -0.4 is 14.8 Å². The number of anilines is 1. The Bertz CT molecular complexity index is 1310. The quantitative estimate of drug-likeness (QED) is 0.580. The zero-order chi connectivity index (χ0) is 22.9. The van der Waals surface area contributed by atoms with E-state index >= 15 is 0 Å². The molecule has 8 heteroatoms. The number of aromatic amines is 1. The van der Waals surface area contributed by atoms with Crippen LogP contribution in [0.25, 0.3) is 10.9 Å². The molecule has 1 fully saturated rings. The van der Waals surface area contributed by atoms with Crippen LogP contribution in [-0.2, 0) is 15.6 Å². The Kier molecular flexibility index (Phi) is 4.10. The van der Waals surface area contributed by atoms with E-state index in [9.17, 15) is 18.8 Å². The molecule has 0 spiro atoms. The maximum atomic E-state index is 13.4. The highest BCUT2D eigenvalue weighted by atomic mass is 19.3. The number of rotatable bonds is 3. The summed E-state index contributed by atoms with van der Waals surface area (Å²) >= 11 is 0. The molecule has 1 aliphatic carbocycles. The Morgan fingerprint density at radius 1 is 1.12 bits per heavy atom. The van der Waals surface area contributed by atoms with Gasteiger partial charge in [0, 0.05) is 22.0 Å². The van der Waals surface area contributed by atoms with Crippen LogP contribution in [0.4, 0.5) is 14.5 Å². The number of carbonyl (C=O) groups is 1. The fourth-order valence-electron chi connectivity index (χ4n) is 4.09. The van der Waals surface area contributed by atoms with E-state index in [1.807, 2.05) is 12.1 Å². The van der Waals surface area contributed by atoms with Gasteiger partial charge in [0.25, 0.3) is 0 Å². The standard InChI is InChI=1S/C24H21F2N3O3/c1-22(2,3)20-11-14-15(12-27)17(6-5-16(14)28-20)29-21(30)23(8-9-23)13-4-7-18-19(10-13)32-24(25,26)31-18/h4-7,10-11,28H,8-9H2,1-3H3,(H,29,30). The molecule has 0 atom stereocenters. The highest BCUT2D eigenvalue weighted by molar-refractivity contribution is 6.04. The van der Waals surface area contributed by atoms with Crippen molar-refractivity contribution in [2.24, 2.45) is 0 Å². The fraction of sp³-hybridized carbons (Fsp3) is 0.333. The van der Waals surface area contributed by atoms with Gasteiger partial charge in [-0.15, -0.1) is 8.78 Å². The summed E-state index contributed by atoms with van der Waals surface area (Å²) in [5, 5.41) is 13.4. The van der Waals surface area contributed by atoms with Gasteiger partial charge in [-0.1, -0.05) is 26.8 Å². The largest absolute Gasteiger partial charge is 0.586 e. The molecule has 1 amide bonds. The number of carbonyl (C=O) groups excluding carboxylic acids is 1. The number of amides is 1. The van der Waals surface area contributed by atoms with Gasteiger partial charge in [-0.05, 0) is 48.7 Å². The number of fused-ring (bicyclic) bond motifs is 2. The van der Waals surface area contributed by atoms with Crippen molar-refractivity contribution in [1.82, 2.24) is 4.98 Å². The Balaban J connectivity index is 1.46. The third-order valence-electron chi connectivity index (χ3n) is 6.11. The molecule has 32 heavy (non-hydrogen) atoms. The van der Waals surface area contributed by atoms with E-state index in [2.05, 4.69) is 46.6 Å². The molecule has 0 unspecified atom stereocenters. The van der Waals surface area contributed by atoms with E-state index in [1.165, 1.54) is 12.1 Å². The van der Waals surface area contributed by atoms with Gasteiger partial charge in [0.1, 0.15) is 6.07 Å². The molecule has 3 aromatic rings. The van der Waals surface area contributed by atoms with Gasteiger partial charge in [0.2, 0.25) is 5.91 Å². The Morgan fingerprint density at radius 2 is 1.84 bits per heavy atom. The van der Waals surface area contributed by atoms with Gasteiger partial charge in [-0.3, -0.25) is 4.79 Å². The first-order valence-electron chi connectivity index (χ1n) is 10.3. The van der Waals surface area contributed by atoms with Crippen molar-refractivity contribution in [1.29, 1.82) is 5.26 Å². The molecule has 1 aromatic heterocycles. The van der Waals surface area contributed by atoms with E-state index in [1.54, 1.807) is 12.1 Å². The maximum Gasteiger partial charge on any atom is 0.586 e. The zero-order valence-electron chi connectivity index (χ0n) is 17.8. The van der Waals surface area contributed by atoms with Gasteiger partial charge >= 0.3 is 6.29 Å². The zero-order valence-corrected chi connectivity index (χ0v) is 17.8. The van der Waals surface area contributed by atoms with Crippen molar-refractivity contribution in [2.45, 2.75) is 50.7 Å². The number of H-pyrrole nitrogens is 1. The van der Waals surface area contributed by atoms with Crippen molar-refractivity contribution in [2.75, 3.05) is 5.32 Å². The number of nitrogens with zero attached hydrogens (tertiary/aromatic N) is 1. The van der Waals surface area contributed by atoms with E-state index in [-0.39, 0.29) is 22.8 Å². The van der Waals surface area contributed by atoms with Crippen molar-refractivity contribution in [3.05, 3.63) is 53.2 Å². The van der Waals surface area contributed by atoms with Crippen molar-refractivity contribution in [3.63, 3.8) is 0 Å². The molecular weight excluding hydrogens is 416 g/mol. The fourth-order valence-corrected chi connectivity index (χ4v) is 4.09. The molecule has 2 N–H and O–H groups in total. The van der Waals surface area contributed by atoms with E-state index in [4.69, 9.17) is 0 Å². The molecule has 0 saturated heterocycles. The minimum absolute atomic E-state index is 0.0608. The lowest BCUT2D eigenvalue weighted by Gasteiger charge is -2.17. The molecular formula is C24H21F2N3O3. The minimum atomic E-state index is -3.71. The van der Waals surface area contributed by atoms with Crippen LogP contribution in [-0.4, -0.2) is 17.2 Å².